The Morgan fingerprint density at radius 2 is 1.82 bits per heavy atom. The number of para-hydroxylation sites is 1. The summed E-state index contributed by atoms with van der Waals surface area (Å²) in [5.74, 6) is 1.12. The molecule has 2 aliphatic rings. The number of fused-ring (bicyclic) bond motifs is 3. The summed E-state index contributed by atoms with van der Waals surface area (Å²) in [6.45, 7) is 2.54. The molecule has 168 valence electrons. The van der Waals surface area contributed by atoms with Crippen LogP contribution >= 0.6 is 23.2 Å². The molecular formula is C27H24Cl2N2O2. The number of hydrogen-bond donors (Lipinski definition) is 2. The molecule has 0 aromatic heterocycles. The van der Waals surface area contributed by atoms with E-state index in [4.69, 9.17) is 27.9 Å². The Balaban J connectivity index is 1.49. The predicted molar refractivity (Wildman–Crippen MR) is 135 cm³/mol. The van der Waals surface area contributed by atoms with Gasteiger partial charge in [-0.1, -0.05) is 59.6 Å². The maximum atomic E-state index is 13.3. The molecule has 3 unspecified atom stereocenters. The molecule has 0 fully saturated rings. The zero-order chi connectivity index (χ0) is 22.9. The van der Waals surface area contributed by atoms with Gasteiger partial charge in [-0.3, -0.25) is 4.79 Å². The Hall–Kier alpha value is -2.95. The van der Waals surface area contributed by atoms with Crippen LogP contribution in [0.15, 0.2) is 72.8 Å². The lowest BCUT2D eigenvalue weighted by Crippen LogP contribution is -2.31. The minimum Gasteiger partial charge on any atom is -0.494 e. The first-order chi connectivity index (χ1) is 16.1. The minimum atomic E-state index is -0.167. The molecule has 0 saturated heterocycles. The third-order valence-corrected chi connectivity index (χ3v) is 7.21. The highest BCUT2D eigenvalue weighted by atomic mass is 35.5. The van der Waals surface area contributed by atoms with Gasteiger partial charge >= 0.3 is 0 Å². The summed E-state index contributed by atoms with van der Waals surface area (Å²) in [4.78, 5) is 13.3. The molecule has 3 aromatic rings. The molecule has 6 heteroatoms. The summed E-state index contributed by atoms with van der Waals surface area (Å²) in [5, 5.41) is 7.75. The Kier molecular flexibility index (Phi) is 6.05. The molecule has 1 amide bonds. The number of ether oxygens (including phenoxy) is 1. The van der Waals surface area contributed by atoms with E-state index in [1.807, 2.05) is 55.5 Å². The van der Waals surface area contributed by atoms with Crippen molar-refractivity contribution in [1.29, 1.82) is 0 Å². The van der Waals surface area contributed by atoms with Crippen LogP contribution in [0.3, 0.4) is 0 Å². The van der Waals surface area contributed by atoms with Crippen LogP contribution in [0.1, 0.15) is 46.8 Å². The van der Waals surface area contributed by atoms with E-state index in [0.29, 0.717) is 33.8 Å². The lowest BCUT2D eigenvalue weighted by molar-refractivity contribution is 0.102. The van der Waals surface area contributed by atoms with Crippen LogP contribution in [0.4, 0.5) is 11.4 Å². The van der Waals surface area contributed by atoms with Gasteiger partial charge in [-0.25, -0.2) is 0 Å². The molecule has 0 spiro atoms. The number of hydrogen-bond acceptors (Lipinski definition) is 3. The summed E-state index contributed by atoms with van der Waals surface area (Å²) >= 11 is 12.9. The number of nitrogens with one attached hydrogen (secondary N) is 2. The normalized spacial score (nSPS) is 20.5. The maximum Gasteiger partial charge on any atom is 0.257 e. The van der Waals surface area contributed by atoms with Crippen LogP contribution < -0.4 is 15.4 Å². The van der Waals surface area contributed by atoms with Crippen molar-refractivity contribution < 1.29 is 9.53 Å². The van der Waals surface area contributed by atoms with E-state index in [1.54, 1.807) is 6.07 Å². The van der Waals surface area contributed by atoms with Crippen molar-refractivity contribution in [3.8, 4) is 5.75 Å². The van der Waals surface area contributed by atoms with E-state index < -0.39 is 0 Å². The number of amides is 1. The van der Waals surface area contributed by atoms with Crippen LogP contribution in [0.5, 0.6) is 5.75 Å². The Bertz CT molecular complexity index is 1220. The van der Waals surface area contributed by atoms with Gasteiger partial charge in [0.25, 0.3) is 5.91 Å². The van der Waals surface area contributed by atoms with Gasteiger partial charge in [-0.2, -0.15) is 0 Å². The van der Waals surface area contributed by atoms with Crippen molar-refractivity contribution in [1.82, 2.24) is 0 Å². The van der Waals surface area contributed by atoms with Gasteiger partial charge < -0.3 is 15.4 Å². The standard InChI is InChI=1S/C27H24Cl2N2O2/c1-2-33-17-14-12-16(13-15-17)30-27(32)22-10-4-8-20-18-6-3-7-19(18)25(31-26(20)22)21-9-5-11-23(28)24(21)29/h3-6,8-15,18-19,25,31H,2,7H2,1H3,(H,30,32). The molecule has 0 saturated carbocycles. The smallest absolute Gasteiger partial charge is 0.257 e. The van der Waals surface area contributed by atoms with Crippen molar-refractivity contribution in [2.24, 2.45) is 5.92 Å². The summed E-state index contributed by atoms with van der Waals surface area (Å²) in [5.41, 5.74) is 4.24. The fourth-order valence-electron chi connectivity index (χ4n) is 4.88. The molecule has 0 bridgehead atoms. The fourth-order valence-corrected chi connectivity index (χ4v) is 5.30. The van der Waals surface area contributed by atoms with Crippen molar-refractivity contribution in [3.05, 3.63) is 99.6 Å². The van der Waals surface area contributed by atoms with Crippen molar-refractivity contribution in [2.45, 2.75) is 25.3 Å². The SMILES string of the molecule is CCOc1ccc(NC(=O)c2cccc3c2NC(c2cccc(Cl)c2Cl)C2CC=CC32)cc1. The average Bonchev–Trinajstić information content (AvgIpc) is 3.32. The van der Waals surface area contributed by atoms with Gasteiger partial charge in [0, 0.05) is 11.6 Å². The van der Waals surface area contributed by atoms with Crippen LogP contribution in [-0.4, -0.2) is 12.5 Å². The number of benzene rings is 3. The lowest BCUT2D eigenvalue weighted by atomic mass is 9.76. The van der Waals surface area contributed by atoms with Gasteiger partial charge in [0.05, 0.1) is 33.9 Å². The molecule has 3 atom stereocenters. The summed E-state index contributed by atoms with van der Waals surface area (Å²) < 4.78 is 5.49. The number of allylic oxidation sites excluding steroid dienone is 2. The summed E-state index contributed by atoms with van der Waals surface area (Å²) in [7, 11) is 0. The van der Waals surface area contributed by atoms with E-state index in [-0.39, 0.29) is 17.9 Å². The highest BCUT2D eigenvalue weighted by molar-refractivity contribution is 6.42. The highest BCUT2D eigenvalue weighted by Gasteiger charge is 2.40. The number of anilines is 2. The fraction of sp³-hybridized carbons (Fsp3) is 0.222. The molecule has 2 N–H and O–H groups in total. The van der Waals surface area contributed by atoms with Crippen molar-refractivity contribution >= 4 is 40.5 Å². The topological polar surface area (TPSA) is 50.4 Å². The third-order valence-electron chi connectivity index (χ3n) is 6.38. The Morgan fingerprint density at radius 1 is 1.06 bits per heavy atom. The second kappa shape index (κ2) is 9.12. The van der Waals surface area contributed by atoms with Gasteiger partial charge in [0.2, 0.25) is 0 Å². The quantitative estimate of drug-likeness (QED) is 0.373. The number of carbonyl (C=O) groups is 1. The molecule has 1 aliphatic carbocycles. The second-order valence-corrected chi connectivity index (χ2v) is 9.09. The predicted octanol–water partition coefficient (Wildman–Crippen LogP) is 7.47. The van der Waals surface area contributed by atoms with Crippen LogP contribution in [0.2, 0.25) is 10.0 Å². The zero-order valence-electron chi connectivity index (χ0n) is 18.1. The highest BCUT2D eigenvalue weighted by Crippen LogP contribution is 2.52. The van der Waals surface area contributed by atoms with E-state index in [1.165, 1.54) is 0 Å². The molecular weight excluding hydrogens is 455 g/mol. The average molecular weight is 479 g/mol. The third kappa shape index (κ3) is 4.09. The number of rotatable bonds is 5. The molecule has 1 heterocycles. The van der Waals surface area contributed by atoms with Gasteiger partial charge in [-0.15, -0.1) is 0 Å². The first-order valence-corrected chi connectivity index (χ1v) is 11.9. The Morgan fingerprint density at radius 3 is 2.61 bits per heavy atom. The summed E-state index contributed by atoms with van der Waals surface area (Å²) in [6.07, 6.45) is 5.39. The minimum absolute atomic E-state index is 0.0527. The molecule has 4 nitrogen and oxygen atoms in total. The first kappa shape index (κ1) is 21.9. The molecule has 0 radical (unpaired) electrons. The number of halogens is 2. The van der Waals surface area contributed by atoms with Gasteiger partial charge in [0.1, 0.15) is 5.75 Å². The largest absolute Gasteiger partial charge is 0.494 e. The Labute approximate surface area is 203 Å². The van der Waals surface area contributed by atoms with E-state index >= 15 is 0 Å². The van der Waals surface area contributed by atoms with E-state index in [9.17, 15) is 4.79 Å². The van der Waals surface area contributed by atoms with Crippen molar-refractivity contribution in [3.63, 3.8) is 0 Å². The van der Waals surface area contributed by atoms with Crippen LogP contribution in [0.25, 0.3) is 0 Å². The molecule has 33 heavy (non-hydrogen) atoms. The monoisotopic (exact) mass is 478 g/mol. The molecule has 1 aliphatic heterocycles. The second-order valence-electron chi connectivity index (χ2n) is 8.30. The van der Waals surface area contributed by atoms with E-state index in [2.05, 4.69) is 28.9 Å². The number of carbonyl (C=O) groups excluding carboxylic acids is 1. The van der Waals surface area contributed by atoms with Crippen molar-refractivity contribution in [2.75, 3.05) is 17.2 Å². The van der Waals surface area contributed by atoms with Crippen LogP contribution in [-0.2, 0) is 0 Å². The first-order valence-electron chi connectivity index (χ1n) is 11.1. The van der Waals surface area contributed by atoms with E-state index in [0.717, 1.165) is 29.0 Å². The summed E-state index contributed by atoms with van der Waals surface area (Å²) in [6, 6.07) is 19.0. The van der Waals surface area contributed by atoms with Crippen LogP contribution in [0, 0.1) is 5.92 Å². The van der Waals surface area contributed by atoms with Gasteiger partial charge in [-0.05, 0) is 66.8 Å². The zero-order valence-corrected chi connectivity index (χ0v) is 19.7. The maximum absolute atomic E-state index is 13.3. The molecule has 5 rings (SSSR count). The molecule has 3 aromatic carbocycles. The lowest BCUT2D eigenvalue weighted by Gasteiger charge is -2.38. The van der Waals surface area contributed by atoms with Gasteiger partial charge in [0.15, 0.2) is 0 Å².